The molecule has 0 spiro atoms. The second-order valence-electron chi connectivity index (χ2n) is 5.21. The summed E-state index contributed by atoms with van der Waals surface area (Å²) in [6.45, 7) is 1.42. The summed E-state index contributed by atoms with van der Waals surface area (Å²) in [6.07, 6.45) is 1.46. The summed E-state index contributed by atoms with van der Waals surface area (Å²) in [5, 5.41) is 10.5. The lowest BCUT2D eigenvalue weighted by atomic mass is 10.1. The SMILES string of the molecule is C[C@@H](OC(=O)Oc1ccc([N+](=O)[O-])cc1)OC(=O)C1CCCC1. The van der Waals surface area contributed by atoms with Gasteiger partial charge in [0, 0.05) is 19.1 Å². The first-order valence-corrected chi connectivity index (χ1v) is 7.29. The molecular formula is C15H17NO7. The minimum Gasteiger partial charge on any atom is -0.425 e. The molecule has 0 amide bonds. The van der Waals surface area contributed by atoms with E-state index in [1.807, 2.05) is 0 Å². The topological polar surface area (TPSA) is 105 Å². The average molecular weight is 323 g/mol. The fourth-order valence-electron chi connectivity index (χ4n) is 2.34. The predicted octanol–water partition coefficient (Wildman–Crippen LogP) is 3.19. The quantitative estimate of drug-likeness (QED) is 0.269. The number of nitro groups is 1. The highest BCUT2D eigenvalue weighted by Crippen LogP contribution is 2.26. The summed E-state index contributed by atoms with van der Waals surface area (Å²) in [6, 6.07) is 4.95. The van der Waals surface area contributed by atoms with Crippen molar-refractivity contribution in [2.75, 3.05) is 0 Å². The number of nitro benzene ring substituents is 1. The van der Waals surface area contributed by atoms with Crippen LogP contribution in [-0.2, 0) is 14.3 Å². The third-order valence-electron chi connectivity index (χ3n) is 3.48. The van der Waals surface area contributed by atoms with Crippen LogP contribution in [-0.4, -0.2) is 23.3 Å². The maximum Gasteiger partial charge on any atom is 0.516 e. The summed E-state index contributed by atoms with van der Waals surface area (Å²) in [5.41, 5.74) is -0.121. The molecule has 0 N–H and O–H groups in total. The van der Waals surface area contributed by atoms with Crippen molar-refractivity contribution in [3.05, 3.63) is 34.4 Å². The molecule has 8 heteroatoms. The van der Waals surface area contributed by atoms with Gasteiger partial charge in [0.25, 0.3) is 5.69 Å². The van der Waals surface area contributed by atoms with Gasteiger partial charge in [0.1, 0.15) is 5.75 Å². The summed E-state index contributed by atoms with van der Waals surface area (Å²) < 4.78 is 14.7. The molecular weight excluding hydrogens is 306 g/mol. The van der Waals surface area contributed by atoms with Crippen LogP contribution in [0.4, 0.5) is 10.5 Å². The molecule has 0 heterocycles. The Kier molecular flexibility index (Phi) is 5.51. The van der Waals surface area contributed by atoms with Gasteiger partial charge in [-0.3, -0.25) is 14.9 Å². The van der Waals surface area contributed by atoms with Crippen molar-refractivity contribution in [1.29, 1.82) is 0 Å². The molecule has 0 unspecified atom stereocenters. The van der Waals surface area contributed by atoms with E-state index in [9.17, 15) is 19.7 Å². The fraction of sp³-hybridized carbons (Fsp3) is 0.467. The van der Waals surface area contributed by atoms with Crippen molar-refractivity contribution in [2.24, 2.45) is 5.92 Å². The lowest BCUT2D eigenvalue weighted by Gasteiger charge is -2.16. The van der Waals surface area contributed by atoms with Crippen LogP contribution >= 0.6 is 0 Å². The van der Waals surface area contributed by atoms with Crippen LogP contribution in [0.5, 0.6) is 5.75 Å². The Morgan fingerprint density at radius 2 is 1.78 bits per heavy atom. The van der Waals surface area contributed by atoms with Gasteiger partial charge in [-0.25, -0.2) is 4.79 Å². The van der Waals surface area contributed by atoms with E-state index in [4.69, 9.17) is 14.2 Å². The molecule has 8 nitrogen and oxygen atoms in total. The Balaban J connectivity index is 1.79. The number of ether oxygens (including phenoxy) is 3. The molecule has 0 aromatic heterocycles. The van der Waals surface area contributed by atoms with Gasteiger partial charge in [0.05, 0.1) is 10.8 Å². The van der Waals surface area contributed by atoms with Crippen LogP contribution in [0.2, 0.25) is 0 Å². The number of rotatable bonds is 5. The van der Waals surface area contributed by atoms with E-state index < -0.39 is 17.4 Å². The van der Waals surface area contributed by atoms with Crippen LogP contribution in [0, 0.1) is 16.0 Å². The lowest BCUT2D eigenvalue weighted by Crippen LogP contribution is -2.26. The van der Waals surface area contributed by atoms with E-state index in [-0.39, 0.29) is 23.3 Å². The molecule has 0 radical (unpaired) electrons. The minimum atomic E-state index is -1.06. The van der Waals surface area contributed by atoms with E-state index in [2.05, 4.69) is 0 Å². The summed E-state index contributed by atoms with van der Waals surface area (Å²) in [4.78, 5) is 33.3. The molecule has 124 valence electrons. The Bertz CT molecular complexity index is 578. The summed E-state index contributed by atoms with van der Waals surface area (Å²) in [7, 11) is 0. The summed E-state index contributed by atoms with van der Waals surface area (Å²) >= 11 is 0. The van der Waals surface area contributed by atoms with Crippen molar-refractivity contribution >= 4 is 17.8 Å². The highest BCUT2D eigenvalue weighted by Gasteiger charge is 2.26. The number of carbonyl (C=O) groups is 2. The first kappa shape index (κ1) is 16.7. The zero-order valence-electron chi connectivity index (χ0n) is 12.6. The zero-order valence-corrected chi connectivity index (χ0v) is 12.6. The third-order valence-corrected chi connectivity index (χ3v) is 3.48. The van der Waals surface area contributed by atoms with Gasteiger partial charge in [-0.15, -0.1) is 0 Å². The molecule has 1 fully saturated rings. The normalized spacial score (nSPS) is 15.7. The zero-order chi connectivity index (χ0) is 16.8. The molecule has 1 saturated carbocycles. The van der Waals surface area contributed by atoms with Crippen molar-refractivity contribution in [1.82, 2.24) is 0 Å². The second-order valence-corrected chi connectivity index (χ2v) is 5.21. The van der Waals surface area contributed by atoms with E-state index in [0.29, 0.717) is 0 Å². The number of nitrogens with zero attached hydrogens (tertiary/aromatic N) is 1. The van der Waals surface area contributed by atoms with Gasteiger partial charge >= 0.3 is 12.1 Å². The molecule has 2 rings (SSSR count). The van der Waals surface area contributed by atoms with Gasteiger partial charge in [0.2, 0.25) is 6.29 Å². The maximum atomic E-state index is 11.8. The number of hydrogen-bond acceptors (Lipinski definition) is 7. The van der Waals surface area contributed by atoms with Gasteiger partial charge in [0.15, 0.2) is 0 Å². The second kappa shape index (κ2) is 7.57. The Morgan fingerprint density at radius 3 is 2.35 bits per heavy atom. The van der Waals surface area contributed by atoms with Crippen molar-refractivity contribution in [3.63, 3.8) is 0 Å². The number of esters is 1. The molecule has 0 bridgehead atoms. The van der Waals surface area contributed by atoms with E-state index in [0.717, 1.165) is 25.7 Å². The maximum absolute atomic E-state index is 11.8. The first-order chi connectivity index (χ1) is 11.0. The highest BCUT2D eigenvalue weighted by molar-refractivity contribution is 5.73. The summed E-state index contributed by atoms with van der Waals surface area (Å²) in [5.74, 6) is -0.417. The first-order valence-electron chi connectivity index (χ1n) is 7.29. The Morgan fingerprint density at radius 1 is 1.17 bits per heavy atom. The van der Waals surface area contributed by atoms with Crippen molar-refractivity contribution < 1.29 is 28.7 Å². The number of non-ortho nitro benzene ring substituents is 1. The molecule has 1 atom stereocenters. The third kappa shape index (κ3) is 4.94. The van der Waals surface area contributed by atoms with Crippen LogP contribution in [0.15, 0.2) is 24.3 Å². The smallest absolute Gasteiger partial charge is 0.425 e. The van der Waals surface area contributed by atoms with Crippen LogP contribution in [0.25, 0.3) is 0 Å². The molecule has 23 heavy (non-hydrogen) atoms. The molecule has 1 aromatic rings. The standard InChI is InChI=1S/C15H17NO7/c1-10(21-14(17)11-4-2-3-5-11)22-15(18)23-13-8-6-12(7-9-13)16(19)20/h6-11H,2-5H2,1H3/t10-/m1/s1. The van der Waals surface area contributed by atoms with Crippen LogP contribution in [0.1, 0.15) is 32.6 Å². The van der Waals surface area contributed by atoms with Gasteiger partial charge in [-0.1, -0.05) is 12.8 Å². The van der Waals surface area contributed by atoms with E-state index in [1.54, 1.807) is 0 Å². The number of carbonyl (C=O) groups excluding carboxylic acids is 2. The van der Waals surface area contributed by atoms with Crippen LogP contribution < -0.4 is 4.74 Å². The van der Waals surface area contributed by atoms with Crippen LogP contribution in [0.3, 0.4) is 0 Å². The number of hydrogen-bond donors (Lipinski definition) is 0. The van der Waals surface area contributed by atoms with Gasteiger partial charge in [-0.2, -0.15) is 0 Å². The van der Waals surface area contributed by atoms with E-state index >= 15 is 0 Å². The highest BCUT2D eigenvalue weighted by atomic mass is 16.8. The Labute approximate surface area is 132 Å². The van der Waals surface area contributed by atoms with Gasteiger partial charge in [-0.05, 0) is 25.0 Å². The molecule has 0 saturated heterocycles. The molecule has 1 aliphatic rings. The largest absolute Gasteiger partial charge is 0.516 e. The lowest BCUT2D eigenvalue weighted by molar-refractivity contribution is -0.384. The number of benzene rings is 1. The average Bonchev–Trinajstić information content (AvgIpc) is 3.01. The molecule has 1 aliphatic carbocycles. The molecule has 0 aliphatic heterocycles. The van der Waals surface area contributed by atoms with Crippen molar-refractivity contribution in [3.8, 4) is 5.75 Å². The Hall–Kier alpha value is -2.64. The molecule has 1 aromatic carbocycles. The van der Waals surface area contributed by atoms with Crippen molar-refractivity contribution in [2.45, 2.75) is 38.9 Å². The fourth-order valence-corrected chi connectivity index (χ4v) is 2.34. The predicted molar refractivity (Wildman–Crippen MR) is 77.7 cm³/mol. The van der Waals surface area contributed by atoms with E-state index in [1.165, 1.54) is 31.2 Å². The monoisotopic (exact) mass is 323 g/mol. The van der Waals surface area contributed by atoms with Gasteiger partial charge < -0.3 is 14.2 Å². The minimum absolute atomic E-state index is 0.0925.